The van der Waals surface area contributed by atoms with E-state index in [1.165, 1.54) is 0 Å². The van der Waals surface area contributed by atoms with Crippen LogP contribution in [0.25, 0.3) is 0 Å². The van der Waals surface area contributed by atoms with E-state index in [0.29, 0.717) is 19.0 Å². The van der Waals surface area contributed by atoms with E-state index in [-0.39, 0.29) is 6.79 Å². The van der Waals surface area contributed by atoms with Gasteiger partial charge in [0.25, 0.3) is 0 Å². The lowest BCUT2D eigenvalue weighted by atomic mass is 10.2. The van der Waals surface area contributed by atoms with Crippen molar-refractivity contribution in [2.75, 3.05) is 31.9 Å². The third-order valence-electron chi connectivity index (χ3n) is 4.79. The molecular formula is C21H26N5O3+2. The first kappa shape index (κ1) is 18.9. The summed E-state index contributed by atoms with van der Waals surface area (Å²) in [6, 6.07) is 7.99. The van der Waals surface area contributed by atoms with Crippen molar-refractivity contribution in [3.63, 3.8) is 0 Å². The van der Waals surface area contributed by atoms with Gasteiger partial charge in [-0.2, -0.15) is 0 Å². The maximum Gasteiger partial charge on any atom is 0.301 e. The highest BCUT2D eigenvalue weighted by Crippen LogP contribution is 2.32. The average Bonchev–Trinajstić information content (AvgIpc) is 3.47. The molecule has 151 valence electrons. The molecule has 0 saturated heterocycles. The Labute approximate surface area is 170 Å². The van der Waals surface area contributed by atoms with Gasteiger partial charge in [-0.05, 0) is 12.1 Å². The number of anilines is 1. The fraction of sp³-hybridized carbons (Fsp3) is 0.333. The van der Waals surface area contributed by atoms with Crippen molar-refractivity contribution in [3.05, 3.63) is 67.5 Å². The highest BCUT2D eigenvalue weighted by Gasteiger charge is 2.23. The van der Waals surface area contributed by atoms with Crippen molar-refractivity contribution < 1.29 is 18.8 Å². The number of benzene rings is 1. The molecule has 0 amide bonds. The monoisotopic (exact) mass is 396 g/mol. The van der Waals surface area contributed by atoms with E-state index in [2.05, 4.69) is 14.5 Å². The SMILES string of the molecule is CN1C=C[N+]=C1CCOc1ccccc1N(CC[n+]1ccn(C)c1)C1=COCO1. The maximum atomic E-state index is 6.13. The second-order valence-corrected chi connectivity index (χ2v) is 6.87. The molecule has 8 nitrogen and oxygen atoms in total. The van der Waals surface area contributed by atoms with Gasteiger partial charge >= 0.3 is 5.84 Å². The minimum atomic E-state index is 0.229. The standard InChI is InChI=1S/C21H26N5O3/c1-23-10-11-25(16-23)12-13-26(21-15-27-17-29-21)18-5-3-4-6-19(18)28-14-7-20-22-8-9-24(20)2/h3-6,8-11,15-16H,7,12-14,17H2,1-2H3/q+2. The summed E-state index contributed by atoms with van der Waals surface area (Å²) in [5.41, 5.74) is 0.945. The molecule has 1 aromatic carbocycles. The van der Waals surface area contributed by atoms with Crippen LogP contribution in [-0.2, 0) is 23.1 Å². The molecule has 2 aromatic rings. The Bertz CT molecular complexity index is 934. The molecule has 0 spiro atoms. The van der Waals surface area contributed by atoms with Gasteiger partial charge in [0.2, 0.25) is 19.0 Å². The van der Waals surface area contributed by atoms with Gasteiger partial charge in [-0.25, -0.2) is 14.0 Å². The zero-order chi connectivity index (χ0) is 20.1. The maximum absolute atomic E-state index is 6.13. The number of para-hydroxylation sites is 2. The normalized spacial score (nSPS) is 15.0. The zero-order valence-corrected chi connectivity index (χ0v) is 16.8. The molecule has 0 atom stereocenters. The van der Waals surface area contributed by atoms with Crippen molar-refractivity contribution in [2.45, 2.75) is 13.0 Å². The first-order valence-corrected chi connectivity index (χ1v) is 9.62. The Morgan fingerprint density at radius 1 is 1.28 bits per heavy atom. The number of amidine groups is 1. The minimum absolute atomic E-state index is 0.229. The highest BCUT2D eigenvalue weighted by atomic mass is 16.7. The topological polar surface area (TPSA) is 57.1 Å². The van der Waals surface area contributed by atoms with Crippen molar-refractivity contribution in [1.82, 2.24) is 14.5 Å². The van der Waals surface area contributed by atoms with Crippen molar-refractivity contribution in [2.24, 2.45) is 7.05 Å². The summed E-state index contributed by atoms with van der Waals surface area (Å²) in [6.07, 6.45) is 12.3. The molecular weight excluding hydrogens is 370 g/mol. The van der Waals surface area contributed by atoms with E-state index in [0.717, 1.165) is 30.2 Å². The lowest BCUT2D eigenvalue weighted by Gasteiger charge is -2.25. The number of hydrogen-bond acceptors (Lipinski definition) is 6. The van der Waals surface area contributed by atoms with Gasteiger partial charge < -0.3 is 19.1 Å². The van der Waals surface area contributed by atoms with Gasteiger partial charge in [-0.15, -0.1) is 0 Å². The Morgan fingerprint density at radius 2 is 2.17 bits per heavy atom. The third kappa shape index (κ3) is 4.53. The van der Waals surface area contributed by atoms with Gasteiger partial charge in [0.1, 0.15) is 37.1 Å². The van der Waals surface area contributed by atoms with E-state index in [1.54, 1.807) is 12.5 Å². The quantitative estimate of drug-likeness (QED) is 0.602. The van der Waals surface area contributed by atoms with Crippen LogP contribution in [0.2, 0.25) is 0 Å². The molecule has 29 heavy (non-hydrogen) atoms. The van der Waals surface area contributed by atoms with Crippen LogP contribution >= 0.6 is 0 Å². The molecule has 0 N–H and O–H groups in total. The minimum Gasteiger partial charge on any atom is -0.491 e. The molecule has 3 heterocycles. The second-order valence-electron chi connectivity index (χ2n) is 6.87. The van der Waals surface area contributed by atoms with Crippen LogP contribution in [0.3, 0.4) is 0 Å². The molecule has 0 saturated carbocycles. The van der Waals surface area contributed by atoms with Crippen LogP contribution in [0.5, 0.6) is 5.75 Å². The summed E-state index contributed by atoms with van der Waals surface area (Å²) in [5, 5.41) is 0. The van der Waals surface area contributed by atoms with Crippen LogP contribution in [0.1, 0.15) is 6.42 Å². The van der Waals surface area contributed by atoms with Crippen LogP contribution in [0.15, 0.2) is 67.5 Å². The lowest BCUT2D eigenvalue weighted by Crippen LogP contribution is -2.39. The van der Waals surface area contributed by atoms with Crippen LogP contribution in [-0.4, -0.2) is 42.3 Å². The summed E-state index contributed by atoms with van der Waals surface area (Å²) in [4.78, 5) is 8.45. The van der Waals surface area contributed by atoms with Gasteiger partial charge in [0.15, 0.2) is 6.20 Å². The van der Waals surface area contributed by atoms with Crippen LogP contribution in [0.4, 0.5) is 5.69 Å². The van der Waals surface area contributed by atoms with Gasteiger partial charge in [-0.1, -0.05) is 17.1 Å². The van der Waals surface area contributed by atoms with Gasteiger partial charge in [0.05, 0.1) is 39.4 Å². The molecule has 0 fully saturated rings. The second kappa shape index (κ2) is 8.72. The number of ether oxygens (including phenoxy) is 3. The lowest BCUT2D eigenvalue weighted by molar-refractivity contribution is -0.693. The molecule has 2 aliphatic rings. The van der Waals surface area contributed by atoms with Crippen molar-refractivity contribution in [1.29, 1.82) is 0 Å². The summed E-state index contributed by atoms with van der Waals surface area (Å²) in [6.45, 7) is 2.28. The Hall–Kier alpha value is -3.42. The number of aryl methyl sites for hydroxylation is 1. The molecule has 0 unspecified atom stereocenters. The van der Waals surface area contributed by atoms with Gasteiger partial charge in [-0.3, -0.25) is 0 Å². The van der Waals surface area contributed by atoms with Crippen LogP contribution < -0.4 is 19.2 Å². The molecule has 1 aromatic heterocycles. The Balaban J connectivity index is 1.47. The first-order valence-electron chi connectivity index (χ1n) is 9.62. The molecule has 1 radical (unpaired) electrons. The largest absolute Gasteiger partial charge is 0.491 e. The summed E-state index contributed by atoms with van der Waals surface area (Å²) >= 11 is 0. The van der Waals surface area contributed by atoms with E-state index in [1.807, 2.05) is 72.7 Å². The molecule has 2 aliphatic heterocycles. The smallest absolute Gasteiger partial charge is 0.301 e. The number of hydrogen-bond donors (Lipinski definition) is 0. The molecule has 0 aliphatic carbocycles. The molecule has 8 heteroatoms. The number of nitrogens with zero attached hydrogens (tertiary/aromatic N) is 5. The van der Waals surface area contributed by atoms with E-state index >= 15 is 0 Å². The zero-order valence-electron chi connectivity index (χ0n) is 16.8. The Morgan fingerprint density at radius 3 is 2.90 bits per heavy atom. The van der Waals surface area contributed by atoms with Crippen molar-refractivity contribution in [3.8, 4) is 5.75 Å². The van der Waals surface area contributed by atoms with Gasteiger partial charge in [0, 0.05) is 0 Å². The highest BCUT2D eigenvalue weighted by molar-refractivity contribution is 5.84. The summed E-state index contributed by atoms with van der Waals surface area (Å²) in [5.74, 6) is 2.48. The molecule has 0 bridgehead atoms. The fourth-order valence-corrected chi connectivity index (χ4v) is 3.27. The first-order chi connectivity index (χ1) is 14.2. The number of aromatic nitrogens is 2. The van der Waals surface area contributed by atoms with Crippen molar-refractivity contribution >= 4 is 11.5 Å². The average molecular weight is 396 g/mol. The number of imidazole rings is 1. The molecule has 4 rings (SSSR count). The van der Waals surface area contributed by atoms with E-state index < -0.39 is 0 Å². The Kier molecular flexibility index (Phi) is 5.69. The van der Waals surface area contributed by atoms with Crippen LogP contribution in [0, 0.1) is 0 Å². The predicted octanol–water partition coefficient (Wildman–Crippen LogP) is 1.54. The third-order valence-corrected chi connectivity index (χ3v) is 4.79. The summed E-state index contributed by atoms with van der Waals surface area (Å²) < 4.78 is 21.3. The number of aliphatic imine (C=N–C) groups is 1. The van der Waals surface area contributed by atoms with E-state index in [4.69, 9.17) is 14.2 Å². The predicted molar refractivity (Wildman–Crippen MR) is 109 cm³/mol. The van der Waals surface area contributed by atoms with E-state index in [9.17, 15) is 0 Å². The fourth-order valence-electron chi connectivity index (χ4n) is 3.27. The number of rotatable bonds is 9. The summed E-state index contributed by atoms with van der Waals surface area (Å²) in [7, 11) is 4.00.